The maximum absolute atomic E-state index is 11.9. The van der Waals surface area contributed by atoms with E-state index in [1.165, 1.54) is 66.1 Å². The molecule has 8 nitrogen and oxygen atoms in total. The number of carboxylic acids is 1. The predicted molar refractivity (Wildman–Crippen MR) is 197 cm³/mol. The molecule has 13 heteroatoms. The first-order chi connectivity index (χ1) is 24.4. The first-order valence-corrected chi connectivity index (χ1v) is 21.6. The normalized spacial score (nSPS) is 16.8. The summed E-state index contributed by atoms with van der Waals surface area (Å²) >= 11 is 0. The number of nitrogens with zero attached hydrogens (tertiary/aromatic N) is 3. The minimum atomic E-state index is -5.19. The number of benzene rings is 4. The summed E-state index contributed by atoms with van der Waals surface area (Å²) < 4.78 is 67.5. The number of carbonyl (C=O) groups excluding carboxylic acids is 1. The van der Waals surface area contributed by atoms with Crippen LogP contribution in [-0.4, -0.2) is 77.9 Å². The van der Waals surface area contributed by atoms with Crippen molar-refractivity contribution in [3.05, 3.63) is 117 Å². The van der Waals surface area contributed by atoms with Crippen LogP contribution in [0.4, 0.5) is 18.9 Å². The quantitative estimate of drug-likeness (QED) is 0.190. The molecule has 0 aliphatic carbocycles. The van der Waals surface area contributed by atoms with E-state index in [9.17, 15) is 26.1 Å². The first kappa shape index (κ1) is 37.5. The minimum absolute atomic E-state index is 0.00219. The highest BCUT2D eigenvalue weighted by Gasteiger charge is 2.38. The van der Waals surface area contributed by atoms with Gasteiger partial charge in [0.25, 0.3) is 10.1 Å². The van der Waals surface area contributed by atoms with Crippen LogP contribution in [0.2, 0.25) is 13.1 Å². The summed E-state index contributed by atoms with van der Waals surface area (Å²) in [4.78, 5) is 13.5. The number of anilines is 1. The van der Waals surface area contributed by atoms with E-state index < -0.39 is 30.3 Å². The lowest BCUT2D eigenvalue weighted by Gasteiger charge is -2.38. The molecule has 1 N–H and O–H groups in total. The number of halogens is 3. The fourth-order valence-electron chi connectivity index (χ4n) is 7.84. The standard InChI is InChI=1S/C37H41N3O3SSi.C2HF3O2/c1-25-9-8-10-26(2)36(25)37-30-14-13-29(22-34(30)45(4,5)35-23-32-27(21-31(35)37)15-16-38(32)3)40-19-17-39(18-20-40)24-28-11-6-7-12-33(28)44(41,42)43;3-2(4,5)1(6)7/h6-14,21-23H,15-20,24H2,1-5H3;(H,6,7). The Labute approximate surface area is 302 Å². The smallest absolute Gasteiger partial charge is 0.430 e. The van der Waals surface area contributed by atoms with Crippen LogP contribution in [0.1, 0.15) is 33.4 Å². The molecule has 1 saturated heterocycles. The number of hydrogen-bond acceptors (Lipinski definition) is 6. The van der Waals surface area contributed by atoms with E-state index in [1.807, 2.05) is 6.07 Å². The minimum Gasteiger partial charge on any atom is -0.542 e. The molecule has 4 aromatic rings. The van der Waals surface area contributed by atoms with Crippen molar-refractivity contribution in [1.29, 1.82) is 0 Å². The summed E-state index contributed by atoms with van der Waals surface area (Å²) in [6.45, 7) is 14.4. The third-order valence-electron chi connectivity index (χ3n) is 10.6. The second kappa shape index (κ2) is 13.9. The van der Waals surface area contributed by atoms with Crippen LogP contribution in [-0.2, 0) is 27.9 Å². The number of aryl methyl sites for hydroxylation is 2. The summed E-state index contributed by atoms with van der Waals surface area (Å²) in [6, 6.07) is 25.6. The molecule has 0 saturated carbocycles. The zero-order valence-electron chi connectivity index (χ0n) is 29.8. The van der Waals surface area contributed by atoms with E-state index in [1.54, 1.807) is 12.1 Å². The van der Waals surface area contributed by atoms with Crippen molar-refractivity contribution in [1.82, 2.24) is 9.48 Å². The van der Waals surface area contributed by atoms with Gasteiger partial charge in [-0.2, -0.15) is 21.6 Å². The van der Waals surface area contributed by atoms with Gasteiger partial charge in [-0.1, -0.05) is 55.6 Å². The average Bonchev–Trinajstić information content (AvgIpc) is 3.44. The number of fused-ring (bicyclic) bond motifs is 3. The van der Waals surface area contributed by atoms with Crippen LogP contribution in [0.5, 0.6) is 0 Å². The van der Waals surface area contributed by atoms with Gasteiger partial charge in [0.2, 0.25) is 5.36 Å². The molecule has 7 rings (SSSR count). The molecule has 0 unspecified atom stereocenters. The second-order valence-corrected chi connectivity index (χ2v) is 20.0. The number of hydrogen-bond donors (Lipinski definition) is 1. The molecular formula is C39H42F3N3O5SSi. The molecule has 0 radical (unpaired) electrons. The second-order valence-electron chi connectivity index (χ2n) is 14.3. The monoisotopic (exact) mass is 749 g/mol. The molecule has 3 aliphatic heterocycles. The molecule has 3 aliphatic rings. The van der Waals surface area contributed by atoms with Gasteiger partial charge in [0, 0.05) is 56.5 Å². The van der Waals surface area contributed by atoms with E-state index in [2.05, 4.69) is 96.9 Å². The highest BCUT2D eigenvalue weighted by molar-refractivity contribution is 7.85. The van der Waals surface area contributed by atoms with Crippen molar-refractivity contribution in [3.8, 4) is 0 Å². The Morgan fingerprint density at radius 2 is 1.56 bits per heavy atom. The average molecular weight is 750 g/mol. The van der Waals surface area contributed by atoms with E-state index in [-0.39, 0.29) is 4.90 Å². The van der Waals surface area contributed by atoms with Crippen LogP contribution in [0, 0.1) is 13.8 Å². The number of carboxylic acid groups (broad SMARTS) is 1. The summed E-state index contributed by atoms with van der Waals surface area (Å²) in [5.74, 6) is -3.01. The lowest BCUT2D eigenvalue weighted by Crippen LogP contribution is -2.64. The van der Waals surface area contributed by atoms with Gasteiger partial charge in [0.05, 0.1) is 4.90 Å². The van der Waals surface area contributed by atoms with Crippen molar-refractivity contribution < 1.29 is 36.0 Å². The summed E-state index contributed by atoms with van der Waals surface area (Å²) in [6.07, 6.45) is -4.10. The Hall–Kier alpha value is -4.30. The van der Waals surface area contributed by atoms with Gasteiger partial charge < -0.3 is 14.8 Å². The highest BCUT2D eigenvalue weighted by Crippen LogP contribution is 2.31. The van der Waals surface area contributed by atoms with Crippen LogP contribution in [0.15, 0.2) is 77.7 Å². The van der Waals surface area contributed by atoms with Crippen molar-refractivity contribution in [2.45, 2.75) is 51.0 Å². The van der Waals surface area contributed by atoms with E-state index in [0.29, 0.717) is 12.1 Å². The van der Waals surface area contributed by atoms with Crippen LogP contribution < -0.4 is 35.5 Å². The topological polar surface area (TPSA) is 104 Å². The molecule has 0 spiro atoms. The number of rotatable bonds is 5. The Bertz CT molecular complexity index is 2300. The van der Waals surface area contributed by atoms with Crippen molar-refractivity contribution >= 4 is 45.8 Å². The van der Waals surface area contributed by atoms with Crippen LogP contribution in [0.3, 0.4) is 0 Å². The van der Waals surface area contributed by atoms with Gasteiger partial charge in [0.1, 0.15) is 27.6 Å². The van der Waals surface area contributed by atoms with E-state index in [0.717, 1.165) is 39.1 Å². The number of likely N-dealkylation sites (N-methyl/N-ethyl adjacent to an activating group) is 1. The maximum Gasteiger partial charge on any atom is 0.430 e. The first-order valence-electron chi connectivity index (χ1n) is 17.2. The van der Waals surface area contributed by atoms with Gasteiger partial charge in [-0.15, -0.1) is 0 Å². The lowest BCUT2D eigenvalue weighted by atomic mass is 9.88. The Kier molecular flexibility index (Phi) is 10.0. The third kappa shape index (κ3) is 7.19. The van der Waals surface area contributed by atoms with E-state index in [4.69, 9.17) is 9.90 Å². The van der Waals surface area contributed by atoms with Gasteiger partial charge >= 0.3 is 6.18 Å². The van der Waals surface area contributed by atoms with Gasteiger partial charge in [-0.25, -0.2) is 4.58 Å². The van der Waals surface area contributed by atoms with Gasteiger partial charge in [0.15, 0.2) is 0 Å². The zero-order chi connectivity index (χ0) is 37.7. The molecule has 0 bridgehead atoms. The molecule has 0 amide bonds. The zero-order valence-corrected chi connectivity index (χ0v) is 31.7. The summed E-state index contributed by atoms with van der Waals surface area (Å²) in [5, 5.41) is 14.6. The molecule has 52 heavy (non-hydrogen) atoms. The Morgan fingerprint density at radius 3 is 2.17 bits per heavy atom. The molecule has 0 atom stereocenters. The van der Waals surface area contributed by atoms with E-state index >= 15 is 0 Å². The van der Waals surface area contributed by atoms with Crippen molar-refractivity contribution in [3.63, 3.8) is 0 Å². The highest BCUT2D eigenvalue weighted by atomic mass is 32.2. The molecule has 274 valence electrons. The number of piperazine rings is 1. The number of aliphatic carboxylic acids is 1. The fraction of sp³-hybridized carbons (Fsp3) is 0.333. The van der Waals surface area contributed by atoms with Crippen molar-refractivity contribution in [2.24, 2.45) is 0 Å². The molecule has 3 heterocycles. The Morgan fingerprint density at radius 1 is 0.923 bits per heavy atom. The number of alkyl halides is 3. The lowest BCUT2D eigenvalue weighted by molar-refractivity contribution is -0.344. The van der Waals surface area contributed by atoms with Gasteiger partial charge in [-0.05, 0) is 87.1 Å². The predicted octanol–water partition coefficient (Wildman–Crippen LogP) is 2.23. The SMILES string of the molecule is Cc1cccc(C)c1C1=c2cc3c(cc2[Si](C)(C)c2cc(N4CCN(Cc5ccccc5S(=O)(=O)O)CC4)ccc21)=[N+](C)CC3.O=C([O-])C(F)(F)F. The summed E-state index contributed by atoms with van der Waals surface area (Å²) in [7, 11) is -4.10. The van der Waals surface area contributed by atoms with Crippen molar-refractivity contribution in [2.75, 3.05) is 44.7 Å². The number of carbonyl (C=O) groups is 1. The fourth-order valence-corrected chi connectivity index (χ4v) is 11.6. The van der Waals surface area contributed by atoms with Gasteiger partial charge in [-0.3, -0.25) is 9.45 Å². The Balaban J connectivity index is 0.000000604. The molecule has 1 fully saturated rings. The molecule has 4 aromatic carbocycles. The summed E-state index contributed by atoms with van der Waals surface area (Å²) in [5.41, 5.74) is 10.1. The van der Waals surface area contributed by atoms with Crippen LogP contribution in [0.25, 0.3) is 5.57 Å². The maximum atomic E-state index is 11.9. The largest absolute Gasteiger partial charge is 0.542 e. The molecular weight excluding hydrogens is 708 g/mol. The van der Waals surface area contributed by atoms with Crippen LogP contribution >= 0.6 is 0 Å². The molecule has 0 aromatic heterocycles. The third-order valence-corrected chi connectivity index (χ3v) is 15.1.